The van der Waals surface area contributed by atoms with Gasteiger partial charge in [0, 0.05) is 19.0 Å². The van der Waals surface area contributed by atoms with Crippen molar-refractivity contribution in [3.63, 3.8) is 0 Å². The number of hydrogen-bond donors (Lipinski definition) is 1. The number of carbonyl (C=O) groups is 1. The number of rotatable bonds is 3. The third-order valence-corrected chi connectivity index (χ3v) is 3.64. The minimum atomic E-state index is -0.000799. The Labute approximate surface area is 99.7 Å². The molecule has 1 aliphatic heterocycles. The smallest absolute Gasteiger partial charge is 0.228 e. The molecular weight excluding hydrogens is 222 g/mol. The van der Waals surface area contributed by atoms with Crippen molar-refractivity contribution in [2.45, 2.75) is 26.7 Å². The summed E-state index contributed by atoms with van der Waals surface area (Å²) >= 11 is 1.56. The number of amides is 1. The summed E-state index contributed by atoms with van der Waals surface area (Å²) in [5, 5.41) is 4.70. The van der Waals surface area contributed by atoms with E-state index in [1.807, 2.05) is 20.0 Å². The molecule has 0 atom stereocenters. The summed E-state index contributed by atoms with van der Waals surface area (Å²) < 4.78 is 0. The van der Waals surface area contributed by atoms with E-state index in [1.165, 1.54) is 12.8 Å². The Morgan fingerprint density at radius 1 is 1.50 bits per heavy atom. The molecule has 0 spiro atoms. The van der Waals surface area contributed by atoms with Crippen molar-refractivity contribution in [1.82, 2.24) is 4.98 Å². The maximum atomic E-state index is 11.5. The first-order chi connectivity index (χ1) is 7.66. The van der Waals surface area contributed by atoms with Gasteiger partial charge in [-0.3, -0.25) is 4.79 Å². The predicted octanol–water partition coefficient (Wildman–Crippen LogP) is 2.34. The van der Waals surface area contributed by atoms with Crippen LogP contribution in [0.4, 0.5) is 10.1 Å². The third-order valence-electron chi connectivity index (χ3n) is 2.67. The maximum Gasteiger partial charge on any atom is 0.228 e. The standard InChI is InChI=1S/C11H17N3OS/c1-8(2)10(15)13-11-12-7-9(16-11)14-5-3-4-6-14/h7-8H,3-6H2,1-2H3,(H,12,13,15). The van der Waals surface area contributed by atoms with E-state index in [9.17, 15) is 4.79 Å². The number of thiazole rings is 1. The lowest BCUT2D eigenvalue weighted by atomic mass is 10.2. The molecule has 2 heterocycles. The monoisotopic (exact) mass is 239 g/mol. The van der Waals surface area contributed by atoms with Gasteiger partial charge in [-0.05, 0) is 12.8 Å². The number of carbonyl (C=O) groups excluding carboxylic acids is 1. The van der Waals surface area contributed by atoms with Crippen molar-refractivity contribution in [3.8, 4) is 0 Å². The molecule has 0 unspecified atom stereocenters. The quantitative estimate of drug-likeness (QED) is 0.880. The van der Waals surface area contributed by atoms with Gasteiger partial charge in [-0.2, -0.15) is 0 Å². The lowest BCUT2D eigenvalue weighted by Crippen LogP contribution is -2.17. The van der Waals surface area contributed by atoms with Gasteiger partial charge in [0.15, 0.2) is 5.13 Å². The zero-order valence-corrected chi connectivity index (χ0v) is 10.5. The van der Waals surface area contributed by atoms with E-state index in [0.717, 1.165) is 18.1 Å². The highest BCUT2D eigenvalue weighted by Crippen LogP contribution is 2.29. The predicted molar refractivity (Wildman–Crippen MR) is 67.0 cm³/mol. The SMILES string of the molecule is CC(C)C(=O)Nc1ncc(N2CCCC2)s1. The molecule has 4 nitrogen and oxygen atoms in total. The zero-order valence-electron chi connectivity index (χ0n) is 9.69. The van der Waals surface area contributed by atoms with Gasteiger partial charge in [-0.15, -0.1) is 0 Å². The van der Waals surface area contributed by atoms with Gasteiger partial charge in [0.1, 0.15) is 5.00 Å². The molecule has 2 rings (SSSR count). The van der Waals surface area contributed by atoms with Crippen molar-refractivity contribution >= 4 is 27.4 Å². The second-order valence-electron chi connectivity index (χ2n) is 4.34. The van der Waals surface area contributed by atoms with Gasteiger partial charge < -0.3 is 10.2 Å². The Kier molecular flexibility index (Phi) is 3.43. The number of nitrogens with zero attached hydrogens (tertiary/aromatic N) is 2. The maximum absolute atomic E-state index is 11.5. The summed E-state index contributed by atoms with van der Waals surface area (Å²) in [5.74, 6) is 0.0291. The van der Waals surface area contributed by atoms with Gasteiger partial charge in [0.05, 0.1) is 6.20 Å². The largest absolute Gasteiger partial charge is 0.362 e. The van der Waals surface area contributed by atoms with Crippen LogP contribution in [0.3, 0.4) is 0 Å². The molecule has 0 aromatic carbocycles. The van der Waals surface area contributed by atoms with Crippen LogP contribution in [0.2, 0.25) is 0 Å². The summed E-state index contributed by atoms with van der Waals surface area (Å²) in [6.07, 6.45) is 4.36. The topological polar surface area (TPSA) is 45.2 Å². The molecule has 1 aromatic rings. The lowest BCUT2D eigenvalue weighted by Gasteiger charge is -2.12. The van der Waals surface area contributed by atoms with Gasteiger partial charge in [0.2, 0.25) is 5.91 Å². The van der Waals surface area contributed by atoms with Gasteiger partial charge in [-0.25, -0.2) is 4.98 Å². The number of aromatic nitrogens is 1. The highest BCUT2D eigenvalue weighted by Gasteiger charge is 2.16. The van der Waals surface area contributed by atoms with Crippen LogP contribution in [-0.2, 0) is 4.79 Å². The van der Waals surface area contributed by atoms with E-state index in [2.05, 4.69) is 15.2 Å². The van der Waals surface area contributed by atoms with Gasteiger partial charge in [0.25, 0.3) is 0 Å². The van der Waals surface area contributed by atoms with Crippen LogP contribution in [0.1, 0.15) is 26.7 Å². The van der Waals surface area contributed by atoms with Crippen LogP contribution >= 0.6 is 11.3 Å². The van der Waals surface area contributed by atoms with Crippen LogP contribution in [0, 0.1) is 5.92 Å². The number of nitrogens with one attached hydrogen (secondary N) is 1. The number of hydrogen-bond acceptors (Lipinski definition) is 4. The first-order valence-corrected chi connectivity index (χ1v) is 6.50. The molecule has 1 amide bonds. The fourth-order valence-corrected chi connectivity index (χ4v) is 2.53. The molecular formula is C11H17N3OS. The second kappa shape index (κ2) is 4.82. The van der Waals surface area contributed by atoms with Gasteiger partial charge in [-0.1, -0.05) is 25.2 Å². The normalized spacial score (nSPS) is 15.8. The summed E-state index contributed by atoms with van der Waals surface area (Å²) in [4.78, 5) is 18.0. The first kappa shape index (κ1) is 11.4. The van der Waals surface area contributed by atoms with Crippen molar-refractivity contribution < 1.29 is 4.79 Å². The molecule has 1 fully saturated rings. The molecule has 1 aromatic heterocycles. The molecule has 88 valence electrons. The molecule has 5 heteroatoms. The van der Waals surface area contributed by atoms with Crippen LogP contribution in [0.5, 0.6) is 0 Å². The molecule has 0 saturated carbocycles. The summed E-state index contributed by atoms with van der Waals surface area (Å²) in [7, 11) is 0. The Bertz CT molecular complexity index is 369. The minimum Gasteiger partial charge on any atom is -0.362 e. The molecule has 1 N–H and O–H groups in total. The van der Waals surface area contributed by atoms with E-state index < -0.39 is 0 Å². The lowest BCUT2D eigenvalue weighted by molar-refractivity contribution is -0.118. The fourth-order valence-electron chi connectivity index (χ4n) is 1.66. The Morgan fingerprint density at radius 3 is 2.81 bits per heavy atom. The zero-order chi connectivity index (χ0) is 11.5. The van der Waals surface area contributed by atoms with Crippen LogP contribution < -0.4 is 10.2 Å². The fraction of sp³-hybridized carbons (Fsp3) is 0.636. The van der Waals surface area contributed by atoms with E-state index in [4.69, 9.17) is 0 Å². The van der Waals surface area contributed by atoms with Crippen LogP contribution in [0.25, 0.3) is 0 Å². The minimum absolute atomic E-state index is 0.000799. The third kappa shape index (κ3) is 2.52. The molecule has 0 radical (unpaired) electrons. The molecule has 0 bridgehead atoms. The van der Waals surface area contributed by atoms with Crippen molar-refractivity contribution in [2.24, 2.45) is 5.92 Å². The van der Waals surface area contributed by atoms with Crippen molar-refractivity contribution in [2.75, 3.05) is 23.3 Å². The Balaban J connectivity index is 1.99. The average Bonchev–Trinajstić information content (AvgIpc) is 2.85. The first-order valence-electron chi connectivity index (χ1n) is 5.68. The molecule has 16 heavy (non-hydrogen) atoms. The number of anilines is 2. The van der Waals surface area contributed by atoms with E-state index in [-0.39, 0.29) is 11.8 Å². The molecule has 1 aliphatic rings. The van der Waals surface area contributed by atoms with Crippen molar-refractivity contribution in [1.29, 1.82) is 0 Å². The Hall–Kier alpha value is -1.10. The van der Waals surface area contributed by atoms with Crippen LogP contribution in [-0.4, -0.2) is 24.0 Å². The molecule has 1 saturated heterocycles. The average molecular weight is 239 g/mol. The highest BCUT2D eigenvalue weighted by molar-refractivity contribution is 7.19. The summed E-state index contributed by atoms with van der Waals surface area (Å²) in [6, 6.07) is 0. The van der Waals surface area contributed by atoms with Gasteiger partial charge >= 0.3 is 0 Å². The van der Waals surface area contributed by atoms with E-state index in [0.29, 0.717) is 5.13 Å². The highest BCUT2D eigenvalue weighted by atomic mass is 32.1. The van der Waals surface area contributed by atoms with Crippen LogP contribution in [0.15, 0.2) is 6.20 Å². The van der Waals surface area contributed by atoms with Crippen molar-refractivity contribution in [3.05, 3.63) is 6.20 Å². The summed E-state index contributed by atoms with van der Waals surface area (Å²) in [6.45, 7) is 5.98. The van der Waals surface area contributed by atoms with E-state index in [1.54, 1.807) is 11.3 Å². The summed E-state index contributed by atoms with van der Waals surface area (Å²) in [5.41, 5.74) is 0. The van der Waals surface area contributed by atoms with E-state index >= 15 is 0 Å². The second-order valence-corrected chi connectivity index (χ2v) is 5.35. The Morgan fingerprint density at radius 2 is 2.19 bits per heavy atom. The molecule has 0 aliphatic carbocycles.